The van der Waals surface area contributed by atoms with Crippen molar-refractivity contribution in [2.75, 3.05) is 42.3 Å². The van der Waals surface area contributed by atoms with Gasteiger partial charge in [-0.25, -0.2) is 0 Å². The Labute approximate surface area is 123 Å². The van der Waals surface area contributed by atoms with Gasteiger partial charge in [0.2, 0.25) is 0 Å². The second-order valence-corrected chi connectivity index (χ2v) is 8.69. The van der Waals surface area contributed by atoms with Crippen molar-refractivity contribution in [3.8, 4) is 0 Å². The molecule has 0 heterocycles. The lowest BCUT2D eigenvalue weighted by atomic mass is 10.4. The minimum atomic E-state index is -0.0918. The molecule has 0 aromatic heterocycles. The predicted molar refractivity (Wildman–Crippen MR) is 90.2 cm³/mol. The molecule has 3 atom stereocenters. The third-order valence-electron chi connectivity index (χ3n) is 3.92. The Kier molecular flexibility index (Phi) is 9.43. The van der Waals surface area contributed by atoms with E-state index in [1.807, 2.05) is 0 Å². The summed E-state index contributed by atoms with van der Waals surface area (Å²) < 4.78 is 0. The molecule has 0 spiro atoms. The molecule has 0 saturated carbocycles. The van der Waals surface area contributed by atoms with Crippen molar-refractivity contribution in [3.63, 3.8) is 0 Å². The fourth-order valence-corrected chi connectivity index (χ4v) is 7.18. The van der Waals surface area contributed by atoms with E-state index in [1.165, 1.54) is 19.3 Å². The van der Waals surface area contributed by atoms with Crippen LogP contribution in [0.3, 0.4) is 0 Å². The second kappa shape index (κ2) is 9.28. The fraction of sp³-hybridized carbons (Fsp3) is 1.00. The lowest BCUT2D eigenvalue weighted by molar-refractivity contribution is 0.307. The highest BCUT2D eigenvalue weighted by atomic mass is 31.1. The molecule has 0 aliphatic rings. The average Bonchev–Trinajstić information content (AvgIpc) is 2.29. The van der Waals surface area contributed by atoms with Crippen molar-refractivity contribution in [1.29, 1.82) is 0 Å². The summed E-state index contributed by atoms with van der Waals surface area (Å²) in [4.78, 5) is 7.35. The molecule has 0 N–H and O–H groups in total. The van der Waals surface area contributed by atoms with E-state index in [1.54, 1.807) is 0 Å². The monoisotopic (exact) mass is 289 g/mol. The topological polar surface area (TPSA) is 9.72 Å². The largest absolute Gasteiger partial charge is 0.302 e. The molecular weight excluding hydrogens is 253 g/mol. The smallest absolute Gasteiger partial charge is 0.0317 e. The predicted octanol–water partition coefficient (Wildman–Crippen LogP) is 3.36. The first-order valence-corrected chi connectivity index (χ1v) is 9.13. The Morgan fingerprint density at radius 2 is 0.789 bits per heavy atom. The summed E-state index contributed by atoms with van der Waals surface area (Å²) in [6.45, 7) is 7.01. The van der Waals surface area contributed by atoms with Crippen LogP contribution in [0.1, 0.15) is 40.0 Å². The summed E-state index contributed by atoms with van der Waals surface area (Å²) in [7, 11) is 13.4. The van der Waals surface area contributed by atoms with Gasteiger partial charge in [-0.1, -0.05) is 28.7 Å². The van der Waals surface area contributed by atoms with Gasteiger partial charge in [-0.05, 0) is 61.5 Å². The molecule has 3 nitrogen and oxygen atoms in total. The summed E-state index contributed by atoms with van der Waals surface area (Å²) in [6.07, 6.45) is 3.73. The number of rotatable bonds is 9. The van der Waals surface area contributed by atoms with Gasteiger partial charge in [-0.3, -0.25) is 0 Å². The standard InChI is InChI=1S/C15H36N3P/c1-10-13(16(4)5)19(14(11-2)17(6)7)15(12-3)18(8)9/h13-15H,10-12H2,1-9H3. The van der Waals surface area contributed by atoms with Crippen LogP contribution in [-0.2, 0) is 0 Å². The maximum absolute atomic E-state index is 2.45. The summed E-state index contributed by atoms with van der Waals surface area (Å²) in [6, 6.07) is 0. The van der Waals surface area contributed by atoms with E-state index in [9.17, 15) is 0 Å². The second-order valence-electron chi connectivity index (χ2n) is 6.00. The molecule has 0 saturated heterocycles. The van der Waals surface area contributed by atoms with E-state index in [-0.39, 0.29) is 7.92 Å². The molecular formula is C15H36N3P. The summed E-state index contributed by atoms with van der Waals surface area (Å²) in [5.41, 5.74) is 0. The molecule has 4 heteroatoms. The first-order chi connectivity index (χ1) is 8.81. The molecule has 3 unspecified atom stereocenters. The summed E-state index contributed by atoms with van der Waals surface area (Å²) in [5.74, 6) is 2.11. The molecule has 0 fully saturated rings. The highest BCUT2D eigenvalue weighted by Gasteiger charge is 2.36. The Balaban J connectivity index is 5.43. The van der Waals surface area contributed by atoms with E-state index >= 15 is 0 Å². The van der Waals surface area contributed by atoms with Crippen molar-refractivity contribution in [2.24, 2.45) is 0 Å². The number of hydrogen-bond donors (Lipinski definition) is 0. The van der Waals surface area contributed by atoms with Crippen LogP contribution >= 0.6 is 7.92 Å². The first-order valence-electron chi connectivity index (χ1n) is 7.58. The van der Waals surface area contributed by atoms with Crippen LogP contribution in [0.15, 0.2) is 0 Å². The number of nitrogens with zero attached hydrogens (tertiary/aromatic N) is 3. The van der Waals surface area contributed by atoms with E-state index in [0.717, 1.165) is 0 Å². The Morgan fingerprint density at radius 1 is 0.579 bits per heavy atom. The van der Waals surface area contributed by atoms with Crippen LogP contribution in [-0.4, -0.2) is 74.3 Å². The molecule has 0 amide bonds. The van der Waals surface area contributed by atoms with Crippen LogP contribution in [0, 0.1) is 0 Å². The van der Waals surface area contributed by atoms with Crippen molar-refractivity contribution < 1.29 is 0 Å². The molecule has 0 aromatic carbocycles. The molecule has 116 valence electrons. The molecule has 0 rings (SSSR count). The van der Waals surface area contributed by atoms with Crippen molar-refractivity contribution in [3.05, 3.63) is 0 Å². The molecule has 0 aromatic rings. The van der Waals surface area contributed by atoms with Gasteiger partial charge in [0, 0.05) is 17.3 Å². The number of hydrogen-bond acceptors (Lipinski definition) is 3. The molecule has 0 radical (unpaired) electrons. The van der Waals surface area contributed by atoms with Crippen LogP contribution < -0.4 is 0 Å². The summed E-state index contributed by atoms with van der Waals surface area (Å²) in [5, 5.41) is 0. The van der Waals surface area contributed by atoms with Gasteiger partial charge in [-0.15, -0.1) is 0 Å². The van der Waals surface area contributed by atoms with Gasteiger partial charge in [-0.2, -0.15) is 0 Å². The normalized spacial score (nSPS) is 18.9. The van der Waals surface area contributed by atoms with Crippen molar-refractivity contribution in [1.82, 2.24) is 14.7 Å². The Hall–Kier alpha value is 0.310. The lowest BCUT2D eigenvalue weighted by Crippen LogP contribution is -2.42. The lowest BCUT2D eigenvalue weighted by Gasteiger charge is -2.46. The van der Waals surface area contributed by atoms with E-state index < -0.39 is 0 Å². The first kappa shape index (κ1) is 19.3. The fourth-order valence-electron chi connectivity index (χ4n) is 3.12. The van der Waals surface area contributed by atoms with Crippen LogP contribution in [0.4, 0.5) is 0 Å². The maximum Gasteiger partial charge on any atom is 0.0317 e. The third-order valence-corrected chi connectivity index (χ3v) is 8.46. The highest BCUT2D eigenvalue weighted by molar-refractivity contribution is 7.59. The average molecular weight is 289 g/mol. The Bertz CT molecular complexity index is 193. The zero-order chi connectivity index (χ0) is 15.2. The zero-order valence-corrected chi connectivity index (χ0v) is 15.5. The van der Waals surface area contributed by atoms with Gasteiger partial charge >= 0.3 is 0 Å². The Morgan fingerprint density at radius 3 is 0.895 bits per heavy atom. The van der Waals surface area contributed by atoms with Crippen molar-refractivity contribution >= 4 is 7.92 Å². The maximum atomic E-state index is 2.45. The van der Waals surface area contributed by atoms with Crippen molar-refractivity contribution in [2.45, 2.75) is 57.4 Å². The van der Waals surface area contributed by atoms with Gasteiger partial charge in [0.15, 0.2) is 0 Å². The van der Waals surface area contributed by atoms with E-state index in [2.05, 4.69) is 77.8 Å². The van der Waals surface area contributed by atoms with Gasteiger partial charge in [0.1, 0.15) is 0 Å². The van der Waals surface area contributed by atoms with E-state index in [4.69, 9.17) is 0 Å². The molecule has 0 aliphatic heterocycles. The van der Waals surface area contributed by atoms with Gasteiger partial charge in [0.05, 0.1) is 0 Å². The minimum Gasteiger partial charge on any atom is -0.302 e. The molecule has 0 aliphatic carbocycles. The third kappa shape index (κ3) is 5.30. The van der Waals surface area contributed by atoms with Crippen LogP contribution in [0.5, 0.6) is 0 Å². The van der Waals surface area contributed by atoms with E-state index in [0.29, 0.717) is 17.3 Å². The van der Waals surface area contributed by atoms with Gasteiger partial charge in [0.25, 0.3) is 0 Å². The quantitative estimate of drug-likeness (QED) is 0.603. The SMILES string of the molecule is CCC(N(C)C)P(C(CC)N(C)C)C(CC)N(C)C. The summed E-state index contributed by atoms with van der Waals surface area (Å²) >= 11 is 0. The van der Waals surface area contributed by atoms with Crippen LogP contribution in [0.2, 0.25) is 0 Å². The van der Waals surface area contributed by atoms with Gasteiger partial charge < -0.3 is 14.7 Å². The highest BCUT2D eigenvalue weighted by Crippen LogP contribution is 2.55. The zero-order valence-electron chi connectivity index (χ0n) is 14.6. The molecule has 19 heavy (non-hydrogen) atoms. The molecule has 0 bridgehead atoms. The minimum absolute atomic E-state index is 0.0918. The van der Waals surface area contributed by atoms with Crippen LogP contribution in [0.25, 0.3) is 0 Å².